The summed E-state index contributed by atoms with van der Waals surface area (Å²) in [7, 11) is 0.900. The predicted molar refractivity (Wildman–Crippen MR) is 109 cm³/mol. The molecule has 31 heavy (non-hydrogen) atoms. The molecule has 0 aliphatic heterocycles. The molecule has 2 heterocycles. The van der Waals surface area contributed by atoms with Gasteiger partial charge in [-0.25, -0.2) is 23.5 Å². The second kappa shape index (κ2) is 8.52. The Morgan fingerprint density at radius 3 is 2.61 bits per heavy atom. The number of hydrogen-bond acceptors (Lipinski definition) is 6. The number of thiazole rings is 1. The van der Waals surface area contributed by atoms with Crippen LogP contribution in [0.2, 0.25) is 5.02 Å². The zero-order chi connectivity index (χ0) is 23.1. The molecule has 0 atom stereocenters. The van der Waals surface area contributed by atoms with E-state index in [1.54, 1.807) is 6.92 Å². The molecule has 0 saturated heterocycles. The molecule has 164 valence electrons. The summed E-state index contributed by atoms with van der Waals surface area (Å²) in [6.07, 6.45) is -3.57. The van der Waals surface area contributed by atoms with Gasteiger partial charge in [0.15, 0.2) is 0 Å². The molecule has 0 unspecified atom stereocenters. The van der Waals surface area contributed by atoms with Gasteiger partial charge < -0.3 is 4.74 Å². The van der Waals surface area contributed by atoms with Gasteiger partial charge in [0.05, 0.1) is 23.5 Å². The Kier molecular flexibility index (Phi) is 6.35. The van der Waals surface area contributed by atoms with Gasteiger partial charge in [0.1, 0.15) is 26.0 Å². The van der Waals surface area contributed by atoms with Gasteiger partial charge in [-0.3, -0.25) is 4.57 Å². The minimum absolute atomic E-state index is 0.0822. The van der Waals surface area contributed by atoms with E-state index in [1.165, 1.54) is 6.20 Å². The monoisotopic (exact) mass is 493 g/mol. The summed E-state index contributed by atoms with van der Waals surface area (Å²) in [4.78, 5) is 28.7. The molecule has 1 aromatic carbocycles. The Balaban J connectivity index is 2.20. The molecular formula is C18H12ClF4N3O3S2. The minimum atomic E-state index is -4.82. The number of aromatic nitrogens is 3. The van der Waals surface area contributed by atoms with E-state index in [0.717, 1.165) is 30.5 Å². The van der Waals surface area contributed by atoms with E-state index in [9.17, 15) is 27.2 Å². The molecule has 0 aliphatic rings. The fourth-order valence-electron chi connectivity index (χ4n) is 2.69. The van der Waals surface area contributed by atoms with Crippen molar-refractivity contribution in [3.63, 3.8) is 0 Å². The minimum Gasteiger partial charge on any atom is -0.462 e. The maximum Gasteiger partial charge on any atom is 0.431 e. The van der Waals surface area contributed by atoms with Gasteiger partial charge in [0.25, 0.3) is 0 Å². The normalized spacial score (nSPS) is 11.6. The van der Waals surface area contributed by atoms with Crippen molar-refractivity contribution in [3.05, 3.63) is 60.9 Å². The summed E-state index contributed by atoms with van der Waals surface area (Å²) in [6.45, 7) is 1.79. The van der Waals surface area contributed by atoms with Crippen molar-refractivity contribution >= 4 is 41.1 Å². The third-order valence-electron chi connectivity index (χ3n) is 4.10. The van der Waals surface area contributed by atoms with Crippen LogP contribution in [0.3, 0.4) is 0 Å². The third-order valence-corrected chi connectivity index (χ3v) is 5.72. The van der Waals surface area contributed by atoms with E-state index < -0.39 is 39.7 Å². The highest BCUT2D eigenvalue weighted by Crippen LogP contribution is 2.35. The first-order chi connectivity index (χ1) is 14.5. The summed E-state index contributed by atoms with van der Waals surface area (Å²) in [5.74, 6) is -1.59. The Morgan fingerprint density at radius 2 is 2.00 bits per heavy atom. The molecule has 13 heteroatoms. The fraction of sp³-hybridized carbons (Fsp3) is 0.222. The van der Waals surface area contributed by atoms with Crippen LogP contribution in [0.1, 0.15) is 22.3 Å². The highest BCUT2D eigenvalue weighted by Gasteiger charge is 2.34. The molecule has 0 amide bonds. The molecule has 0 radical (unpaired) electrons. The lowest BCUT2D eigenvalue weighted by molar-refractivity contribution is -0.144. The van der Waals surface area contributed by atoms with Crippen molar-refractivity contribution < 1.29 is 27.1 Å². The van der Waals surface area contributed by atoms with Crippen LogP contribution >= 0.6 is 35.2 Å². The van der Waals surface area contributed by atoms with E-state index in [2.05, 4.69) is 4.98 Å². The Labute approximate surface area is 186 Å². The molecule has 3 aromatic rings. The van der Waals surface area contributed by atoms with E-state index in [1.807, 2.05) is 0 Å². The first-order valence-electron chi connectivity index (χ1n) is 8.48. The molecule has 0 fully saturated rings. The zero-order valence-corrected chi connectivity index (χ0v) is 18.2. The molecule has 2 aromatic heterocycles. The molecule has 0 aliphatic carbocycles. The number of alkyl halides is 3. The fourth-order valence-corrected chi connectivity index (χ4v) is 4.11. The van der Waals surface area contributed by atoms with Gasteiger partial charge in [-0.1, -0.05) is 23.8 Å². The second-order valence-electron chi connectivity index (χ2n) is 6.08. The lowest BCUT2D eigenvalue weighted by atomic mass is 10.2. The number of rotatable bonds is 4. The lowest BCUT2D eigenvalue weighted by Gasteiger charge is -2.16. The van der Waals surface area contributed by atoms with Crippen LogP contribution in [0, 0.1) is 10.5 Å². The van der Waals surface area contributed by atoms with Crippen molar-refractivity contribution in [2.24, 2.45) is 7.05 Å². The first-order valence-corrected chi connectivity index (χ1v) is 10.1. The molecule has 3 rings (SSSR count). The van der Waals surface area contributed by atoms with E-state index in [0.29, 0.717) is 15.2 Å². The van der Waals surface area contributed by atoms with Crippen LogP contribution in [0.4, 0.5) is 17.6 Å². The Morgan fingerprint density at radius 1 is 1.32 bits per heavy atom. The van der Waals surface area contributed by atoms with Gasteiger partial charge in [-0.15, -0.1) is 11.3 Å². The Hall–Kier alpha value is -2.57. The van der Waals surface area contributed by atoms with Crippen LogP contribution in [0.5, 0.6) is 0 Å². The third kappa shape index (κ3) is 4.41. The molecule has 0 bridgehead atoms. The summed E-state index contributed by atoms with van der Waals surface area (Å²) in [5, 5.41) is 0.130. The molecule has 0 N–H and O–H groups in total. The van der Waals surface area contributed by atoms with Gasteiger partial charge in [0.2, 0.25) is 0 Å². The van der Waals surface area contributed by atoms with E-state index in [-0.39, 0.29) is 27.1 Å². The predicted octanol–water partition coefficient (Wildman–Crippen LogP) is 5.02. The molecule has 0 saturated carbocycles. The van der Waals surface area contributed by atoms with Crippen molar-refractivity contribution in [1.29, 1.82) is 0 Å². The number of carbonyl (C=O) groups excluding carboxylic acids is 1. The van der Waals surface area contributed by atoms with Gasteiger partial charge in [-0.05, 0) is 19.1 Å². The van der Waals surface area contributed by atoms with Gasteiger partial charge in [0, 0.05) is 18.7 Å². The van der Waals surface area contributed by atoms with Gasteiger partial charge in [-0.2, -0.15) is 13.2 Å². The van der Waals surface area contributed by atoms with Crippen LogP contribution in [-0.2, 0) is 18.0 Å². The number of benzene rings is 1. The highest BCUT2D eigenvalue weighted by atomic mass is 35.5. The SMILES string of the molecule is CCOC(=O)c1cnc(-c2cc(-n3c(=S)cc(C(F)(F)F)n(C)c3=O)c(F)cc2Cl)s1. The topological polar surface area (TPSA) is 66.1 Å². The molecular weight excluding hydrogens is 482 g/mol. The lowest BCUT2D eigenvalue weighted by Crippen LogP contribution is -2.33. The van der Waals surface area contributed by atoms with Crippen molar-refractivity contribution in [3.8, 4) is 16.3 Å². The smallest absolute Gasteiger partial charge is 0.431 e. The zero-order valence-electron chi connectivity index (χ0n) is 15.8. The molecule has 0 spiro atoms. The number of halogens is 5. The van der Waals surface area contributed by atoms with Crippen molar-refractivity contribution in [2.45, 2.75) is 13.1 Å². The van der Waals surface area contributed by atoms with Crippen molar-refractivity contribution in [2.75, 3.05) is 6.61 Å². The summed E-state index contributed by atoms with van der Waals surface area (Å²) < 4.78 is 59.4. The largest absolute Gasteiger partial charge is 0.462 e. The van der Waals surface area contributed by atoms with Crippen LogP contribution in [-0.4, -0.2) is 26.7 Å². The average Bonchev–Trinajstić information content (AvgIpc) is 3.15. The second-order valence-corrected chi connectivity index (χ2v) is 7.93. The summed E-state index contributed by atoms with van der Waals surface area (Å²) >= 11 is 12.0. The van der Waals surface area contributed by atoms with Crippen molar-refractivity contribution in [1.82, 2.24) is 14.1 Å². The Bertz CT molecular complexity index is 1300. The number of esters is 1. The van der Waals surface area contributed by atoms with Crippen LogP contribution in [0.15, 0.2) is 29.2 Å². The maximum atomic E-state index is 14.7. The van der Waals surface area contributed by atoms with Crippen LogP contribution < -0.4 is 5.69 Å². The molecule has 6 nitrogen and oxygen atoms in total. The van der Waals surface area contributed by atoms with Crippen LogP contribution in [0.25, 0.3) is 16.3 Å². The van der Waals surface area contributed by atoms with E-state index in [4.69, 9.17) is 28.6 Å². The van der Waals surface area contributed by atoms with Gasteiger partial charge >= 0.3 is 17.8 Å². The number of ether oxygens (including phenoxy) is 1. The quantitative estimate of drug-likeness (QED) is 0.290. The average molecular weight is 494 g/mol. The summed E-state index contributed by atoms with van der Waals surface area (Å²) in [6, 6.07) is 2.58. The number of carbonyl (C=O) groups is 1. The first kappa shape index (κ1) is 23.1. The maximum absolute atomic E-state index is 14.7. The standard InChI is InChI=1S/C18H12ClF4N3O3S2/c1-3-29-16(27)12-7-24-15(31-12)8-4-11(10(20)5-9(8)19)26-14(30)6-13(18(21,22)23)25(2)17(26)28/h4-7H,3H2,1-2H3. The highest BCUT2D eigenvalue weighted by molar-refractivity contribution is 7.71. The number of hydrogen-bond donors (Lipinski definition) is 0. The van der Waals surface area contributed by atoms with E-state index >= 15 is 0 Å². The number of nitrogens with zero attached hydrogens (tertiary/aromatic N) is 3. The summed E-state index contributed by atoms with van der Waals surface area (Å²) in [5.41, 5.74) is -2.72.